The Morgan fingerprint density at radius 3 is 2.56 bits per heavy atom. The van der Waals surface area contributed by atoms with Gasteiger partial charge < -0.3 is 9.47 Å². The Morgan fingerprint density at radius 1 is 1.24 bits per heavy atom. The number of halogens is 4. The van der Waals surface area contributed by atoms with Gasteiger partial charge in [0, 0.05) is 15.1 Å². The average molecular weight is 467 g/mol. The van der Waals surface area contributed by atoms with Gasteiger partial charge in [0.1, 0.15) is 5.75 Å². The number of hydrogen-bond acceptors (Lipinski definition) is 4. The van der Waals surface area contributed by atoms with E-state index in [2.05, 4.69) is 26.5 Å². The lowest BCUT2D eigenvalue weighted by atomic mass is 10.2. The van der Waals surface area contributed by atoms with Crippen LogP contribution in [-0.2, 0) is 4.79 Å². The molecule has 5 nitrogen and oxygen atoms in total. The summed E-state index contributed by atoms with van der Waals surface area (Å²) in [5.74, 6) is 0.324. The molecular weight excluding hydrogens is 454 g/mol. The highest BCUT2D eigenvalue weighted by Gasteiger charge is 2.11. The highest BCUT2D eigenvalue weighted by atomic mass is 79.9. The molecule has 0 unspecified atom stereocenters. The molecule has 0 spiro atoms. The fourth-order valence-electron chi connectivity index (χ4n) is 1.82. The van der Waals surface area contributed by atoms with Crippen LogP contribution in [0.1, 0.15) is 5.56 Å². The number of rotatable bonds is 6. The fourth-order valence-corrected chi connectivity index (χ4v) is 3.12. The molecule has 1 amide bonds. The second kappa shape index (κ2) is 9.29. The zero-order valence-electron chi connectivity index (χ0n) is 12.9. The van der Waals surface area contributed by atoms with Gasteiger partial charge in [-0.2, -0.15) is 5.10 Å². The molecule has 0 aliphatic rings. The molecule has 9 heteroatoms. The maximum atomic E-state index is 11.8. The van der Waals surface area contributed by atoms with Gasteiger partial charge in [0.2, 0.25) is 0 Å². The molecule has 0 aliphatic heterocycles. The zero-order valence-corrected chi connectivity index (χ0v) is 16.7. The summed E-state index contributed by atoms with van der Waals surface area (Å²) in [6.45, 7) is -0.311. The van der Waals surface area contributed by atoms with E-state index in [1.165, 1.54) is 18.3 Å². The van der Waals surface area contributed by atoms with Crippen molar-refractivity contribution in [3.8, 4) is 11.5 Å². The van der Waals surface area contributed by atoms with Crippen LogP contribution in [0.5, 0.6) is 11.5 Å². The number of methoxy groups -OCH3 is 1. The van der Waals surface area contributed by atoms with Crippen LogP contribution in [0.4, 0.5) is 0 Å². The van der Waals surface area contributed by atoms with Crippen molar-refractivity contribution >= 4 is 62.9 Å². The van der Waals surface area contributed by atoms with E-state index in [4.69, 9.17) is 44.3 Å². The Bertz CT molecular complexity index is 792. The monoisotopic (exact) mass is 464 g/mol. The normalized spacial score (nSPS) is 10.8. The quantitative estimate of drug-likeness (QED) is 0.484. The van der Waals surface area contributed by atoms with E-state index < -0.39 is 5.91 Å². The third-order valence-electron chi connectivity index (χ3n) is 2.90. The maximum absolute atomic E-state index is 11.8. The fraction of sp³-hybridized carbons (Fsp3) is 0.125. The first kappa shape index (κ1) is 19.8. The number of carbonyl (C=O) groups excluding carboxylic acids is 1. The van der Waals surface area contributed by atoms with Crippen molar-refractivity contribution in [1.82, 2.24) is 5.43 Å². The summed E-state index contributed by atoms with van der Waals surface area (Å²) in [6, 6.07) is 8.36. The first-order chi connectivity index (χ1) is 11.9. The number of hydrazone groups is 1. The predicted octanol–water partition coefficient (Wildman–Crippen LogP) is 4.95. The van der Waals surface area contributed by atoms with Crippen molar-refractivity contribution in [2.75, 3.05) is 13.7 Å². The Balaban J connectivity index is 1.94. The summed E-state index contributed by atoms with van der Waals surface area (Å²) >= 11 is 21.1. The SMILES string of the molecule is COc1ccc(Br)cc1/C=N\NC(=O)COc1c(Cl)cc(Cl)cc1Cl. The number of nitrogens with zero attached hydrogens (tertiary/aromatic N) is 1. The molecule has 0 fully saturated rings. The van der Waals surface area contributed by atoms with Crippen molar-refractivity contribution in [3.05, 3.63) is 55.4 Å². The summed E-state index contributed by atoms with van der Waals surface area (Å²) < 4.78 is 11.4. The molecule has 0 bridgehead atoms. The van der Waals surface area contributed by atoms with Crippen molar-refractivity contribution in [2.45, 2.75) is 0 Å². The van der Waals surface area contributed by atoms with E-state index >= 15 is 0 Å². The Hall–Kier alpha value is -1.47. The van der Waals surface area contributed by atoms with Gasteiger partial charge in [0.25, 0.3) is 5.91 Å². The lowest BCUT2D eigenvalue weighted by molar-refractivity contribution is -0.123. The number of benzene rings is 2. The predicted molar refractivity (Wildman–Crippen MR) is 103 cm³/mol. The van der Waals surface area contributed by atoms with Gasteiger partial charge in [0.15, 0.2) is 12.4 Å². The number of carbonyl (C=O) groups is 1. The van der Waals surface area contributed by atoms with E-state index in [0.29, 0.717) is 16.3 Å². The summed E-state index contributed by atoms with van der Waals surface area (Å²) in [7, 11) is 1.55. The second-order valence-electron chi connectivity index (χ2n) is 4.67. The largest absolute Gasteiger partial charge is 0.496 e. The Morgan fingerprint density at radius 2 is 1.92 bits per heavy atom. The summed E-state index contributed by atoms with van der Waals surface area (Å²) in [6.07, 6.45) is 1.46. The molecule has 0 heterocycles. The number of amides is 1. The molecule has 0 atom stereocenters. The highest BCUT2D eigenvalue weighted by molar-refractivity contribution is 9.10. The molecule has 0 saturated heterocycles. The molecule has 0 aromatic heterocycles. The third-order valence-corrected chi connectivity index (χ3v) is 4.17. The van der Waals surface area contributed by atoms with Crippen LogP contribution >= 0.6 is 50.7 Å². The second-order valence-corrected chi connectivity index (χ2v) is 6.83. The van der Waals surface area contributed by atoms with Crippen LogP contribution in [0, 0.1) is 0 Å². The van der Waals surface area contributed by atoms with Gasteiger partial charge in [-0.1, -0.05) is 50.7 Å². The molecule has 132 valence electrons. The maximum Gasteiger partial charge on any atom is 0.277 e. The van der Waals surface area contributed by atoms with Crippen LogP contribution in [-0.4, -0.2) is 25.8 Å². The molecule has 2 rings (SSSR count). The van der Waals surface area contributed by atoms with Crippen molar-refractivity contribution < 1.29 is 14.3 Å². The molecule has 1 N–H and O–H groups in total. The van der Waals surface area contributed by atoms with Gasteiger partial charge in [-0.25, -0.2) is 5.43 Å². The van der Waals surface area contributed by atoms with Gasteiger partial charge in [0.05, 0.1) is 23.4 Å². The van der Waals surface area contributed by atoms with Gasteiger partial charge >= 0.3 is 0 Å². The zero-order chi connectivity index (χ0) is 18.4. The summed E-state index contributed by atoms with van der Waals surface area (Å²) in [4.78, 5) is 11.8. The minimum absolute atomic E-state index is 0.181. The minimum Gasteiger partial charge on any atom is -0.496 e. The average Bonchev–Trinajstić information content (AvgIpc) is 2.54. The first-order valence-corrected chi connectivity index (χ1v) is 8.76. The Labute approximate surface area is 168 Å². The molecule has 25 heavy (non-hydrogen) atoms. The lowest BCUT2D eigenvalue weighted by Crippen LogP contribution is -2.24. The van der Waals surface area contributed by atoms with Crippen molar-refractivity contribution in [2.24, 2.45) is 5.10 Å². The Kier molecular flexibility index (Phi) is 7.38. The molecular formula is C16H12BrCl3N2O3. The van der Waals surface area contributed by atoms with E-state index in [1.807, 2.05) is 6.07 Å². The molecule has 0 aliphatic carbocycles. The number of hydrogen-bond donors (Lipinski definition) is 1. The van der Waals surface area contributed by atoms with E-state index in [-0.39, 0.29) is 22.4 Å². The van der Waals surface area contributed by atoms with E-state index in [1.54, 1.807) is 19.2 Å². The van der Waals surface area contributed by atoms with Crippen LogP contribution in [0.15, 0.2) is 39.9 Å². The molecule has 2 aromatic carbocycles. The van der Waals surface area contributed by atoms with Gasteiger partial charge in [-0.05, 0) is 30.3 Å². The van der Waals surface area contributed by atoms with Crippen molar-refractivity contribution in [1.29, 1.82) is 0 Å². The molecule has 0 radical (unpaired) electrons. The molecule has 2 aromatic rings. The summed E-state index contributed by atoms with van der Waals surface area (Å²) in [5, 5.41) is 4.68. The van der Waals surface area contributed by atoms with Crippen LogP contribution in [0.3, 0.4) is 0 Å². The van der Waals surface area contributed by atoms with E-state index in [0.717, 1.165) is 4.47 Å². The van der Waals surface area contributed by atoms with Crippen LogP contribution in [0.25, 0.3) is 0 Å². The topological polar surface area (TPSA) is 59.9 Å². The first-order valence-electron chi connectivity index (χ1n) is 6.83. The number of ether oxygens (including phenoxy) is 2. The van der Waals surface area contributed by atoms with Gasteiger partial charge in [-0.3, -0.25) is 4.79 Å². The van der Waals surface area contributed by atoms with E-state index in [9.17, 15) is 4.79 Å². The number of nitrogens with one attached hydrogen (secondary N) is 1. The van der Waals surface area contributed by atoms with Crippen molar-refractivity contribution in [3.63, 3.8) is 0 Å². The summed E-state index contributed by atoms with van der Waals surface area (Å²) in [5.41, 5.74) is 3.04. The third kappa shape index (κ3) is 5.78. The van der Waals surface area contributed by atoms with Crippen LogP contribution < -0.4 is 14.9 Å². The van der Waals surface area contributed by atoms with Gasteiger partial charge in [-0.15, -0.1) is 0 Å². The minimum atomic E-state index is -0.479. The lowest BCUT2D eigenvalue weighted by Gasteiger charge is -2.09. The highest BCUT2D eigenvalue weighted by Crippen LogP contribution is 2.35. The smallest absolute Gasteiger partial charge is 0.277 e. The standard InChI is InChI=1S/C16H12BrCl3N2O3/c1-24-14-3-2-10(17)4-9(14)7-21-22-15(23)8-25-16-12(19)5-11(18)6-13(16)20/h2-7H,8H2,1H3,(H,22,23)/b21-7-. The van der Waals surface area contributed by atoms with Crippen LogP contribution in [0.2, 0.25) is 15.1 Å². The molecule has 0 saturated carbocycles.